The van der Waals surface area contributed by atoms with Crippen LogP contribution in [-0.4, -0.2) is 25.2 Å². The van der Waals surface area contributed by atoms with Gasteiger partial charge < -0.3 is 9.47 Å². The number of carbonyl (C=O) groups excluding carboxylic acids is 1. The van der Waals surface area contributed by atoms with Crippen LogP contribution in [0.3, 0.4) is 0 Å². The van der Waals surface area contributed by atoms with Crippen molar-refractivity contribution in [2.75, 3.05) is 14.2 Å². The molecule has 15 heavy (non-hydrogen) atoms. The second-order valence-electron chi connectivity index (χ2n) is 2.60. The number of aromatic nitrogens is 1. The van der Waals surface area contributed by atoms with Gasteiger partial charge in [-0.1, -0.05) is 11.6 Å². The van der Waals surface area contributed by atoms with Gasteiger partial charge in [0.2, 0.25) is 0 Å². The minimum atomic E-state index is -0.522. The molecule has 1 aromatic rings. The Balaban J connectivity index is 3.17. The summed E-state index contributed by atoms with van der Waals surface area (Å²) in [7, 11) is 2.73. The molecule has 0 radical (unpaired) electrons. The molecule has 0 amide bonds. The van der Waals surface area contributed by atoms with Gasteiger partial charge in [-0.25, -0.2) is 9.78 Å². The average molecular weight is 228 g/mol. The van der Waals surface area contributed by atoms with Crippen LogP contribution in [0.5, 0.6) is 0 Å². The third kappa shape index (κ3) is 2.70. The summed E-state index contributed by atoms with van der Waals surface area (Å²) in [5.74, 6) is -0.522. The van der Waals surface area contributed by atoms with Crippen LogP contribution in [0.2, 0.25) is 5.15 Å². The van der Waals surface area contributed by atoms with Crippen LogP contribution >= 0.6 is 11.6 Å². The maximum absolute atomic E-state index is 11.4. The van der Waals surface area contributed by atoms with E-state index in [0.29, 0.717) is 5.56 Å². The van der Waals surface area contributed by atoms with Gasteiger partial charge in [-0.15, -0.1) is 0 Å². The molecule has 0 N–H and O–H groups in total. The minimum Gasteiger partial charge on any atom is -0.503 e. The van der Waals surface area contributed by atoms with E-state index in [1.54, 1.807) is 12.1 Å². The first-order valence-corrected chi connectivity index (χ1v) is 4.50. The first-order valence-electron chi connectivity index (χ1n) is 4.13. The lowest BCUT2D eigenvalue weighted by atomic mass is 10.1. The van der Waals surface area contributed by atoms with Gasteiger partial charge in [0.1, 0.15) is 10.7 Å². The van der Waals surface area contributed by atoms with Gasteiger partial charge in [-0.2, -0.15) is 0 Å². The smallest absolute Gasteiger partial charge is 0.341 e. The summed E-state index contributed by atoms with van der Waals surface area (Å²) >= 11 is 5.84. The molecular weight excluding hydrogens is 218 g/mol. The molecule has 1 heterocycles. The average Bonchev–Trinajstić information content (AvgIpc) is 2.26. The molecular formula is C10H10ClNO3. The van der Waals surface area contributed by atoms with E-state index in [9.17, 15) is 4.79 Å². The summed E-state index contributed by atoms with van der Waals surface area (Å²) in [4.78, 5) is 15.3. The Morgan fingerprint density at radius 2 is 2.27 bits per heavy atom. The standard InChI is InChI=1S/C10H10ClNO3/c1-14-6-8(10(13)15-2)7-4-3-5-12-9(7)11/h3-6H,1-2H3. The summed E-state index contributed by atoms with van der Waals surface area (Å²) in [5.41, 5.74) is 0.714. The molecule has 0 atom stereocenters. The van der Waals surface area contributed by atoms with Gasteiger partial charge in [0.05, 0.1) is 20.5 Å². The fraction of sp³-hybridized carbons (Fsp3) is 0.200. The minimum absolute atomic E-state index is 0.228. The molecule has 80 valence electrons. The van der Waals surface area contributed by atoms with E-state index in [-0.39, 0.29) is 10.7 Å². The van der Waals surface area contributed by atoms with Crippen molar-refractivity contribution < 1.29 is 14.3 Å². The fourth-order valence-corrected chi connectivity index (χ4v) is 1.26. The third-order valence-electron chi connectivity index (χ3n) is 1.69. The highest BCUT2D eigenvalue weighted by Gasteiger charge is 2.16. The first-order chi connectivity index (χ1) is 7.20. The summed E-state index contributed by atoms with van der Waals surface area (Å²) in [6.07, 6.45) is 2.81. The molecule has 0 fully saturated rings. The van der Waals surface area contributed by atoms with E-state index >= 15 is 0 Å². The molecule has 0 bridgehead atoms. The van der Waals surface area contributed by atoms with Gasteiger partial charge in [0, 0.05) is 11.8 Å². The zero-order valence-electron chi connectivity index (χ0n) is 8.36. The predicted octanol–water partition coefficient (Wildman–Crippen LogP) is 1.90. The molecule has 0 unspecified atom stereocenters. The van der Waals surface area contributed by atoms with Crippen molar-refractivity contribution in [1.82, 2.24) is 4.98 Å². The molecule has 0 saturated heterocycles. The number of methoxy groups -OCH3 is 2. The van der Waals surface area contributed by atoms with Gasteiger partial charge >= 0.3 is 5.97 Å². The number of esters is 1. The zero-order valence-corrected chi connectivity index (χ0v) is 9.12. The molecule has 1 rings (SSSR count). The SMILES string of the molecule is COC=C(C(=O)OC)c1cccnc1Cl. The van der Waals surface area contributed by atoms with Crippen molar-refractivity contribution in [2.24, 2.45) is 0 Å². The van der Waals surface area contributed by atoms with Crippen molar-refractivity contribution in [3.63, 3.8) is 0 Å². The lowest BCUT2D eigenvalue weighted by molar-refractivity contribution is -0.133. The van der Waals surface area contributed by atoms with Gasteiger partial charge in [-0.3, -0.25) is 0 Å². The second kappa shape index (κ2) is 5.36. The fourth-order valence-electron chi connectivity index (χ4n) is 1.04. The molecule has 0 aliphatic heterocycles. The molecule has 0 aromatic carbocycles. The number of carbonyl (C=O) groups is 1. The van der Waals surface area contributed by atoms with Gasteiger partial charge in [-0.05, 0) is 12.1 Å². The van der Waals surface area contributed by atoms with E-state index in [1.807, 2.05) is 0 Å². The normalized spacial score (nSPS) is 11.0. The second-order valence-corrected chi connectivity index (χ2v) is 2.96. The van der Waals surface area contributed by atoms with Crippen LogP contribution < -0.4 is 0 Å². The molecule has 0 aliphatic rings. The Kier molecular flexibility index (Phi) is 4.12. The van der Waals surface area contributed by atoms with E-state index in [1.165, 1.54) is 26.7 Å². The van der Waals surface area contributed by atoms with Crippen LogP contribution in [0.15, 0.2) is 24.6 Å². The first kappa shape index (κ1) is 11.5. The van der Waals surface area contributed by atoms with Crippen molar-refractivity contribution in [1.29, 1.82) is 0 Å². The molecule has 0 spiro atoms. The largest absolute Gasteiger partial charge is 0.503 e. The van der Waals surface area contributed by atoms with Gasteiger partial charge in [0.25, 0.3) is 0 Å². The van der Waals surface area contributed by atoms with E-state index in [4.69, 9.17) is 16.3 Å². The number of hydrogen-bond acceptors (Lipinski definition) is 4. The Labute approximate surface area is 92.5 Å². The molecule has 0 saturated carbocycles. The number of hydrogen-bond donors (Lipinski definition) is 0. The zero-order chi connectivity index (χ0) is 11.3. The maximum Gasteiger partial charge on any atom is 0.341 e. The lowest BCUT2D eigenvalue weighted by Gasteiger charge is -2.06. The Hall–Kier alpha value is -1.55. The molecule has 5 heteroatoms. The highest BCUT2D eigenvalue weighted by molar-refractivity contribution is 6.33. The van der Waals surface area contributed by atoms with E-state index in [0.717, 1.165) is 0 Å². The summed E-state index contributed by atoms with van der Waals surface area (Å²) in [5, 5.41) is 0.228. The Morgan fingerprint density at radius 1 is 1.53 bits per heavy atom. The maximum atomic E-state index is 11.4. The van der Waals surface area contributed by atoms with Crippen molar-refractivity contribution in [3.05, 3.63) is 35.3 Å². The topological polar surface area (TPSA) is 48.4 Å². The highest BCUT2D eigenvalue weighted by atomic mass is 35.5. The third-order valence-corrected chi connectivity index (χ3v) is 1.99. The quantitative estimate of drug-likeness (QED) is 0.343. The number of halogens is 1. The molecule has 4 nitrogen and oxygen atoms in total. The lowest BCUT2D eigenvalue weighted by Crippen LogP contribution is -2.05. The number of rotatable bonds is 3. The summed E-state index contributed by atoms with van der Waals surface area (Å²) in [6, 6.07) is 3.34. The Bertz CT molecular complexity index is 390. The van der Waals surface area contributed by atoms with Crippen LogP contribution in [0.4, 0.5) is 0 Å². The van der Waals surface area contributed by atoms with Crippen molar-refractivity contribution in [2.45, 2.75) is 0 Å². The van der Waals surface area contributed by atoms with E-state index < -0.39 is 5.97 Å². The van der Waals surface area contributed by atoms with Gasteiger partial charge in [0.15, 0.2) is 0 Å². The van der Waals surface area contributed by atoms with Crippen molar-refractivity contribution in [3.8, 4) is 0 Å². The van der Waals surface area contributed by atoms with Crippen LogP contribution in [0, 0.1) is 0 Å². The Morgan fingerprint density at radius 3 is 2.80 bits per heavy atom. The molecule has 0 aliphatic carbocycles. The van der Waals surface area contributed by atoms with E-state index in [2.05, 4.69) is 9.72 Å². The number of ether oxygens (including phenoxy) is 2. The van der Waals surface area contributed by atoms with Crippen LogP contribution in [0.1, 0.15) is 5.56 Å². The van der Waals surface area contributed by atoms with Crippen LogP contribution in [0.25, 0.3) is 5.57 Å². The number of nitrogens with zero attached hydrogens (tertiary/aromatic N) is 1. The van der Waals surface area contributed by atoms with Crippen molar-refractivity contribution >= 4 is 23.1 Å². The number of pyridine rings is 1. The van der Waals surface area contributed by atoms with Crippen LogP contribution in [-0.2, 0) is 14.3 Å². The predicted molar refractivity (Wildman–Crippen MR) is 56.2 cm³/mol. The molecule has 1 aromatic heterocycles. The summed E-state index contributed by atoms with van der Waals surface area (Å²) in [6.45, 7) is 0. The summed E-state index contributed by atoms with van der Waals surface area (Å²) < 4.78 is 9.39. The highest BCUT2D eigenvalue weighted by Crippen LogP contribution is 2.22. The monoisotopic (exact) mass is 227 g/mol.